The van der Waals surface area contributed by atoms with E-state index in [1.54, 1.807) is 7.11 Å². The summed E-state index contributed by atoms with van der Waals surface area (Å²) in [6.07, 6.45) is 4.55. The van der Waals surface area contributed by atoms with Gasteiger partial charge in [0.1, 0.15) is 12.4 Å². The molecule has 0 aromatic heterocycles. The first-order valence-electron chi connectivity index (χ1n) is 9.11. The first kappa shape index (κ1) is 20.0. The van der Waals surface area contributed by atoms with E-state index in [0.717, 1.165) is 28.4 Å². The minimum atomic E-state index is -0.645. The maximum Gasteiger partial charge on any atom is 0.231 e. The van der Waals surface area contributed by atoms with Crippen LogP contribution in [0, 0.1) is 12.3 Å². The van der Waals surface area contributed by atoms with Crippen LogP contribution in [0.3, 0.4) is 0 Å². The fourth-order valence-corrected chi connectivity index (χ4v) is 3.12. The molecule has 0 radical (unpaired) electrons. The molecule has 148 valence electrons. The number of terminal acetylenes is 1. The number of benzene rings is 2. The lowest BCUT2D eigenvalue weighted by atomic mass is 10.1. The Balaban J connectivity index is 1.70. The van der Waals surface area contributed by atoms with E-state index in [0.29, 0.717) is 19.6 Å². The van der Waals surface area contributed by atoms with E-state index >= 15 is 0 Å². The number of ether oxygens (including phenoxy) is 4. The lowest BCUT2D eigenvalue weighted by molar-refractivity contribution is 0.0243. The van der Waals surface area contributed by atoms with Crippen molar-refractivity contribution >= 4 is 0 Å². The van der Waals surface area contributed by atoms with Crippen molar-refractivity contribution in [2.75, 3.05) is 33.7 Å². The van der Waals surface area contributed by atoms with Gasteiger partial charge in [0.15, 0.2) is 11.5 Å². The second-order valence-corrected chi connectivity index (χ2v) is 6.58. The number of methoxy groups -OCH3 is 1. The molecule has 6 nitrogen and oxygen atoms in total. The lowest BCUT2D eigenvalue weighted by Gasteiger charge is -2.25. The zero-order chi connectivity index (χ0) is 19.8. The van der Waals surface area contributed by atoms with Crippen molar-refractivity contribution in [3.05, 3.63) is 53.6 Å². The van der Waals surface area contributed by atoms with Crippen LogP contribution < -0.4 is 14.2 Å². The third kappa shape index (κ3) is 5.64. The zero-order valence-electron chi connectivity index (χ0n) is 16.0. The third-order valence-corrected chi connectivity index (χ3v) is 4.35. The normalized spacial score (nSPS) is 13.4. The van der Waals surface area contributed by atoms with Crippen LogP contribution in [0.4, 0.5) is 0 Å². The van der Waals surface area contributed by atoms with E-state index in [-0.39, 0.29) is 20.0 Å². The SMILES string of the molecule is C#CCOC[C@@H](O)CN(Cc1cccc(OC)c1)Cc1ccc2c(c1)OCO2. The van der Waals surface area contributed by atoms with Crippen molar-refractivity contribution in [3.8, 4) is 29.6 Å². The molecule has 0 spiro atoms. The lowest BCUT2D eigenvalue weighted by Crippen LogP contribution is -2.34. The van der Waals surface area contributed by atoms with Gasteiger partial charge in [-0.3, -0.25) is 4.90 Å². The molecule has 0 fully saturated rings. The van der Waals surface area contributed by atoms with Crippen LogP contribution in [0.2, 0.25) is 0 Å². The van der Waals surface area contributed by atoms with Crippen molar-refractivity contribution in [3.63, 3.8) is 0 Å². The molecule has 0 saturated heterocycles. The highest BCUT2D eigenvalue weighted by Crippen LogP contribution is 2.33. The van der Waals surface area contributed by atoms with Crippen LogP contribution in [0.5, 0.6) is 17.2 Å². The summed E-state index contributed by atoms with van der Waals surface area (Å²) in [4.78, 5) is 2.15. The quantitative estimate of drug-likeness (QED) is 0.502. The molecule has 1 aliphatic rings. The molecule has 6 heteroatoms. The highest BCUT2D eigenvalue weighted by atomic mass is 16.7. The molecule has 0 bridgehead atoms. The van der Waals surface area contributed by atoms with Crippen molar-refractivity contribution in [2.45, 2.75) is 19.2 Å². The number of fused-ring (bicyclic) bond motifs is 1. The fraction of sp³-hybridized carbons (Fsp3) is 0.364. The van der Waals surface area contributed by atoms with E-state index in [9.17, 15) is 5.11 Å². The monoisotopic (exact) mass is 383 g/mol. The third-order valence-electron chi connectivity index (χ3n) is 4.35. The zero-order valence-corrected chi connectivity index (χ0v) is 16.0. The van der Waals surface area contributed by atoms with Gasteiger partial charge < -0.3 is 24.1 Å². The van der Waals surface area contributed by atoms with Crippen LogP contribution >= 0.6 is 0 Å². The summed E-state index contributed by atoms with van der Waals surface area (Å²) in [6.45, 7) is 2.36. The van der Waals surface area contributed by atoms with Gasteiger partial charge in [0.05, 0.1) is 19.8 Å². The number of hydrogen-bond donors (Lipinski definition) is 1. The van der Waals surface area contributed by atoms with E-state index < -0.39 is 6.10 Å². The van der Waals surface area contributed by atoms with Crippen LogP contribution in [-0.4, -0.2) is 49.8 Å². The van der Waals surface area contributed by atoms with Gasteiger partial charge >= 0.3 is 0 Å². The van der Waals surface area contributed by atoms with Gasteiger partial charge in [0.2, 0.25) is 6.79 Å². The van der Waals surface area contributed by atoms with Crippen LogP contribution in [0.15, 0.2) is 42.5 Å². The summed E-state index contributed by atoms with van der Waals surface area (Å²) in [5.41, 5.74) is 2.17. The molecule has 1 aliphatic heterocycles. The van der Waals surface area contributed by atoms with Gasteiger partial charge in [-0.25, -0.2) is 0 Å². The molecule has 2 aromatic rings. The largest absolute Gasteiger partial charge is 0.497 e. The molecule has 0 aliphatic carbocycles. The molecule has 2 aromatic carbocycles. The fourth-order valence-electron chi connectivity index (χ4n) is 3.12. The highest BCUT2D eigenvalue weighted by Gasteiger charge is 2.17. The molecule has 0 saturated carbocycles. The molecule has 1 heterocycles. The topological polar surface area (TPSA) is 60.4 Å². The second kappa shape index (κ2) is 10.00. The molecular weight excluding hydrogens is 358 g/mol. The predicted molar refractivity (Wildman–Crippen MR) is 105 cm³/mol. The second-order valence-electron chi connectivity index (χ2n) is 6.58. The van der Waals surface area contributed by atoms with Gasteiger partial charge in [-0.05, 0) is 35.4 Å². The van der Waals surface area contributed by atoms with Gasteiger partial charge in [-0.2, -0.15) is 0 Å². The number of aliphatic hydroxyl groups is 1. The standard InChI is InChI=1S/C22H25NO5/c1-3-9-26-15-19(24)14-23(12-17-5-4-6-20(10-17)25-2)13-18-7-8-21-22(11-18)28-16-27-21/h1,4-8,10-11,19,24H,9,12-16H2,2H3/t19-/m0/s1. The molecule has 0 unspecified atom stereocenters. The molecule has 1 atom stereocenters. The summed E-state index contributed by atoms with van der Waals surface area (Å²) in [7, 11) is 1.65. The van der Waals surface area contributed by atoms with Crippen molar-refractivity contribution < 1.29 is 24.1 Å². The first-order chi connectivity index (χ1) is 13.7. The van der Waals surface area contributed by atoms with Crippen molar-refractivity contribution in [1.82, 2.24) is 4.90 Å². The maximum absolute atomic E-state index is 10.4. The van der Waals surface area contributed by atoms with E-state index in [1.807, 2.05) is 42.5 Å². The van der Waals surface area contributed by atoms with Crippen molar-refractivity contribution in [2.24, 2.45) is 0 Å². The minimum Gasteiger partial charge on any atom is -0.497 e. The Morgan fingerprint density at radius 1 is 1.14 bits per heavy atom. The number of aliphatic hydroxyl groups excluding tert-OH is 1. The number of rotatable bonds is 10. The summed E-state index contributed by atoms with van der Waals surface area (Å²) >= 11 is 0. The Bertz CT molecular complexity index is 817. The maximum atomic E-state index is 10.4. The Labute approximate surface area is 165 Å². The molecular formula is C22H25NO5. The Kier molecular flexibility index (Phi) is 7.15. The average molecular weight is 383 g/mol. The highest BCUT2D eigenvalue weighted by molar-refractivity contribution is 5.44. The summed E-state index contributed by atoms with van der Waals surface area (Å²) in [6, 6.07) is 13.8. The van der Waals surface area contributed by atoms with Crippen LogP contribution in [0.25, 0.3) is 0 Å². The van der Waals surface area contributed by atoms with Crippen LogP contribution in [0.1, 0.15) is 11.1 Å². The molecule has 0 amide bonds. The first-order valence-corrected chi connectivity index (χ1v) is 9.11. The van der Waals surface area contributed by atoms with Gasteiger partial charge in [0.25, 0.3) is 0 Å². The number of nitrogens with zero attached hydrogens (tertiary/aromatic N) is 1. The Hall–Kier alpha value is -2.72. The Morgan fingerprint density at radius 3 is 2.71 bits per heavy atom. The summed E-state index contributed by atoms with van der Waals surface area (Å²) in [5, 5.41) is 10.4. The van der Waals surface area contributed by atoms with E-state index in [4.69, 9.17) is 25.4 Å². The van der Waals surface area contributed by atoms with Gasteiger partial charge in [-0.1, -0.05) is 24.1 Å². The van der Waals surface area contributed by atoms with Crippen molar-refractivity contribution in [1.29, 1.82) is 0 Å². The van der Waals surface area contributed by atoms with Gasteiger partial charge in [-0.15, -0.1) is 6.42 Å². The summed E-state index contributed by atoms with van der Waals surface area (Å²) in [5.74, 6) is 4.71. The Morgan fingerprint density at radius 2 is 1.93 bits per heavy atom. The average Bonchev–Trinajstić information content (AvgIpc) is 3.16. The minimum absolute atomic E-state index is 0.190. The predicted octanol–water partition coefficient (Wildman–Crippen LogP) is 2.44. The molecule has 1 N–H and O–H groups in total. The molecule has 3 rings (SSSR count). The van der Waals surface area contributed by atoms with Gasteiger partial charge in [0, 0.05) is 19.6 Å². The van der Waals surface area contributed by atoms with Crippen LogP contribution in [-0.2, 0) is 17.8 Å². The summed E-state index contributed by atoms with van der Waals surface area (Å²) < 4.78 is 21.4. The van der Waals surface area contributed by atoms with E-state index in [1.165, 1.54) is 0 Å². The smallest absolute Gasteiger partial charge is 0.231 e. The molecule has 28 heavy (non-hydrogen) atoms. The number of hydrogen-bond acceptors (Lipinski definition) is 6. The van der Waals surface area contributed by atoms with E-state index in [2.05, 4.69) is 10.8 Å².